The van der Waals surface area contributed by atoms with Gasteiger partial charge in [-0.3, -0.25) is 0 Å². The molecule has 0 fully saturated rings. The molecule has 0 aromatic heterocycles. The highest BCUT2D eigenvalue weighted by molar-refractivity contribution is 7.99. The van der Waals surface area contributed by atoms with Crippen molar-refractivity contribution >= 4 is 21.6 Å². The summed E-state index contributed by atoms with van der Waals surface area (Å²) in [5.41, 5.74) is 0.772. The lowest BCUT2D eigenvalue weighted by molar-refractivity contribution is 0.204. The van der Waals surface area contributed by atoms with Gasteiger partial charge in [-0.1, -0.05) is 32.4 Å². The van der Waals surface area contributed by atoms with Crippen molar-refractivity contribution in [3.05, 3.63) is 29.8 Å². The van der Waals surface area contributed by atoms with E-state index in [1.54, 1.807) is 36.0 Å². The molecule has 0 aliphatic carbocycles. The second-order valence-electron chi connectivity index (χ2n) is 5.47. The highest BCUT2D eigenvalue weighted by atomic mass is 32.2. The van der Waals surface area contributed by atoms with E-state index in [1.165, 1.54) is 19.1 Å². The number of aliphatic hydroxyl groups excluding tert-OH is 1. The molecule has 5 heteroatoms. The van der Waals surface area contributed by atoms with Crippen LogP contribution in [0.2, 0.25) is 0 Å². The van der Waals surface area contributed by atoms with E-state index in [-0.39, 0.29) is 4.90 Å². The van der Waals surface area contributed by atoms with E-state index in [0.29, 0.717) is 5.75 Å². The van der Waals surface area contributed by atoms with Crippen molar-refractivity contribution in [2.75, 3.05) is 17.8 Å². The summed E-state index contributed by atoms with van der Waals surface area (Å²) in [6.45, 7) is 4.42. The van der Waals surface area contributed by atoms with Gasteiger partial charge < -0.3 is 5.11 Å². The third kappa shape index (κ3) is 6.29. The van der Waals surface area contributed by atoms with Crippen molar-refractivity contribution in [3.63, 3.8) is 0 Å². The van der Waals surface area contributed by atoms with Gasteiger partial charge in [-0.25, -0.2) is 8.42 Å². The largest absolute Gasteiger partial charge is 0.388 e. The summed E-state index contributed by atoms with van der Waals surface area (Å²) in [6.07, 6.45) is 3.03. The van der Waals surface area contributed by atoms with Gasteiger partial charge in [-0.2, -0.15) is 11.8 Å². The molecule has 0 saturated carbocycles. The minimum Gasteiger partial charge on any atom is -0.388 e. The van der Waals surface area contributed by atoms with E-state index in [2.05, 4.69) is 13.8 Å². The molecule has 20 heavy (non-hydrogen) atoms. The minimum atomic E-state index is -3.16. The summed E-state index contributed by atoms with van der Waals surface area (Å²) in [7, 11) is -3.16. The van der Waals surface area contributed by atoms with Crippen LogP contribution in [0.5, 0.6) is 0 Å². The Balaban J connectivity index is 2.42. The molecule has 3 nitrogen and oxygen atoms in total. The van der Waals surface area contributed by atoms with Crippen LogP contribution in [0, 0.1) is 5.92 Å². The van der Waals surface area contributed by atoms with E-state index in [4.69, 9.17) is 0 Å². The van der Waals surface area contributed by atoms with E-state index < -0.39 is 15.9 Å². The molecular weight excluding hydrogens is 292 g/mol. The summed E-state index contributed by atoms with van der Waals surface area (Å²) < 4.78 is 22.7. The molecule has 1 aromatic carbocycles. The Kier molecular flexibility index (Phi) is 7.06. The molecule has 1 rings (SSSR count). The topological polar surface area (TPSA) is 54.4 Å². The fourth-order valence-corrected chi connectivity index (χ4v) is 3.41. The van der Waals surface area contributed by atoms with Gasteiger partial charge in [0.05, 0.1) is 11.0 Å². The molecule has 0 aliphatic heterocycles. The van der Waals surface area contributed by atoms with E-state index in [0.717, 1.165) is 17.2 Å². The lowest BCUT2D eigenvalue weighted by Crippen LogP contribution is -2.03. The quantitative estimate of drug-likeness (QED) is 0.748. The zero-order valence-corrected chi connectivity index (χ0v) is 14.0. The Morgan fingerprint density at radius 2 is 1.80 bits per heavy atom. The van der Waals surface area contributed by atoms with E-state index >= 15 is 0 Å². The van der Waals surface area contributed by atoms with Gasteiger partial charge in [-0.15, -0.1) is 0 Å². The normalized spacial score (nSPS) is 13.7. The molecule has 1 unspecified atom stereocenters. The van der Waals surface area contributed by atoms with Gasteiger partial charge in [0.15, 0.2) is 9.84 Å². The standard InChI is InChI=1S/C15H24O3S2/c1-12(2)5-4-10-19-11-15(16)13-6-8-14(9-7-13)20(3,17)18/h6-9,12,15-16H,4-5,10-11H2,1-3H3. The van der Waals surface area contributed by atoms with Crippen molar-refractivity contribution in [2.45, 2.75) is 37.7 Å². The first-order chi connectivity index (χ1) is 9.30. The maximum Gasteiger partial charge on any atom is 0.175 e. The lowest BCUT2D eigenvalue weighted by Gasteiger charge is -2.11. The number of sulfone groups is 1. The predicted octanol–water partition coefficient (Wildman–Crippen LogP) is 3.29. The summed E-state index contributed by atoms with van der Waals surface area (Å²) in [5, 5.41) is 10.1. The molecule has 0 spiro atoms. The molecule has 0 bridgehead atoms. The molecule has 0 radical (unpaired) electrons. The molecule has 1 aromatic rings. The van der Waals surface area contributed by atoms with Gasteiger partial charge in [-0.05, 0) is 35.8 Å². The Morgan fingerprint density at radius 3 is 2.30 bits per heavy atom. The number of thioether (sulfide) groups is 1. The van der Waals surface area contributed by atoms with Crippen molar-refractivity contribution in [1.82, 2.24) is 0 Å². The van der Waals surface area contributed by atoms with Gasteiger partial charge in [0.1, 0.15) is 0 Å². The molecule has 114 valence electrons. The van der Waals surface area contributed by atoms with Crippen LogP contribution in [0.25, 0.3) is 0 Å². The smallest absolute Gasteiger partial charge is 0.175 e. The third-order valence-electron chi connectivity index (χ3n) is 3.04. The lowest BCUT2D eigenvalue weighted by atomic mass is 10.1. The first-order valence-electron chi connectivity index (χ1n) is 6.86. The number of aliphatic hydroxyl groups is 1. The van der Waals surface area contributed by atoms with Crippen molar-refractivity contribution in [2.24, 2.45) is 5.92 Å². The summed E-state index contributed by atoms with van der Waals surface area (Å²) in [6, 6.07) is 6.49. The van der Waals surface area contributed by atoms with Crippen LogP contribution in [0.3, 0.4) is 0 Å². The Morgan fingerprint density at radius 1 is 1.20 bits per heavy atom. The van der Waals surface area contributed by atoms with Crippen molar-refractivity contribution in [1.29, 1.82) is 0 Å². The fourth-order valence-electron chi connectivity index (χ4n) is 1.82. The number of rotatable bonds is 8. The number of benzene rings is 1. The Hall–Kier alpha value is -0.520. The molecule has 0 saturated heterocycles. The highest BCUT2D eigenvalue weighted by Crippen LogP contribution is 2.21. The van der Waals surface area contributed by atoms with Crippen LogP contribution >= 0.6 is 11.8 Å². The van der Waals surface area contributed by atoms with Crippen LogP contribution in [0.15, 0.2) is 29.2 Å². The van der Waals surface area contributed by atoms with Crippen molar-refractivity contribution < 1.29 is 13.5 Å². The SMILES string of the molecule is CC(C)CCCSCC(O)c1ccc(S(C)(=O)=O)cc1. The van der Waals surface area contributed by atoms with Crippen LogP contribution in [0.4, 0.5) is 0 Å². The van der Waals surface area contributed by atoms with Gasteiger partial charge >= 0.3 is 0 Å². The zero-order valence-electron chi connectivity index (χ0n) is 12.4. The van der Waals surface area contributed by atoms with Crippen molar-refractivity contribution in [3.8, 4) is 0 Å². The molecule has 0 amide bonds. The van der Waals surface area contributed by atoms with Crippen LogP contribution < -0.4 is 0 Å². The first kappa shape index (κ1) is 17.5. The highest BCUT2D eigenvalue weighted by Gasteiger charge is 2.10. The molecule has 1 N–H and O–H groups in total. The van der Waals surface area contributed by atoms with Gasteiger partial charge in [0, 0.05) is 12.0 Å². The molecule has 1 atom stereocenters. The van der Waals surface area contributed by atoms with Gasteiger partial charge in [0.25, 0.3) is 0 Å². The zero-order chi connectivity index (χ0) is 15.2. The fraction of sp³-hybridized carbons (Fsp3) is 0.600. The van der Waals surface area contributed by atoms with E-state index in [1.807, 2.05) is 0 Å². The summed E-state index contributed by atoms with van der Waals surface area (Å²) >= 11 is 1.74. The second-order valence-corrected chi connectivity index (χ2v) is 8.63. The van der Waals surface area contributed by atoms with Gasteiger partial charge in [0.2, 0.25) is 0 Å². The Bertz CT molecular complexity index is 492. The third-order valence-corrected chi connectivity index (χ3v) is 5.30. The summed E-state index contributed by atoms with van der Waals surface area (Å²) in [5.74, 6) is 2.43. The monoisotopic (exact) mass is 316 g/mol. The summed E-state index contributed by atoms with van der Waals surface area (Å²) in [4.78, 5) is 0.290. The molecule has 0 heterocycles. The van der Waals surface area contributed by atoms with E-state index in [9.17, 15) is 13.5 Å². The predicted molar refractivity (Wildman–Crippen MR) is 85.9 cm³/mol. The average Bonchev–Trinajstić information content (AvgIpc) is 2.37. The van der Waals surface area contributed by atoms with Crippen LogP contribution in [-0.4, -0.2) is 31.3 Å². The molecular formula is C15H24O3S2. The van der Waals surface area contributed by atoms with Crippen LogP contribution in [-0.2, 0) is 9.84 Å². The number of hydrogen-bond donors (Lipinski definition) is 1. The first-order valence-corrected chi connectivity index (χ1v) is 9.91. The molecule has 0 aliphatic rings. The second kappa shape index (κ2) is 8.05. The maximum atomic E-state index is 11.3. The average molecular weight is 316 g/mol. The maximum absolute atomic E-state index is 11.3. The Labute approximate surface area is 126 Å². The minimum absolute atomic E-state index is 0.290. The van der Waals surface area contributed by atoms with Crippen LogP contribution in [0.1, 0.15) is 38.4 Å². The number of hydrogen-bond acceptors (Lipinski definition) is 4.